The predicted octanol–water partition coefficient (Wildman–Crippen LogP) is 6.10. The van der Waals surface area contributed by atoms with Crippen LogP contribution in [0.1, 0.15) is 12.8 Å². The summed E-state index contributed by atoms with van der Waals surface area (Å²) in [5.41, 5.74) is 7.97. The second-order valence-corrected chi connectivity index (χ2v) is 14.2. The van der Waals surface area contributed by atoms with E-state index in [1.165, 1.54) is 4.31 Å². The zero-order valence-electron chi connectivity index (χ0n) is 27.4. The highest BCUT2D eigenvalue weighted by molar-refractivity contribution is 7.89. The summed E-state index contributed by atoms with van der Waals surface area (Å²) in [6.45, 7) is 0.454. The lowest BCUT2D eigenvalue weighted by Gasteiger charge is -2.31. The number of hydrogen-bond donors (Lipinski definition) is 2. The standard InChI is InChI=1S/C39H37N5O4S/c1-42(28-11-5-3-6-12-28)30-17-19-32-35(25-30)48-36-26-31(43(2)29-13-7-4-8-14-29)18-20-33(36)38(32)34-15-9-10-16-37(34)49(46,47)44-23-21-27(22-24-44)39(45)41-40/h3-20,25-27H,21-24,40H2,1-2H3/p+1. The van der Waals surface area contributed by atoms with Gasteiger partial charge in [-0.1, -0.05) is 54.6 Å². The molecule has 0 bridgehead atoms. The number of nitrogens with zero attached hydrogens (tertiary/aromatic N) is 3. The Kier molecular flexibility index (Phi) is 8.77. The van der Waals surface area contributed by atoms with Crippen molar-refractivity contribution in [2.45, 2.75) is 17.7 Å². The van der Waals surface area contributed by atoms with Crippen LogP contribution >= 0.6 is 0 Å². The second kappa shape index (κ2) is 13.3. The van der Waals surface area contributed by atoms with Crippen LogP contribution in [-0.2, 0) is 14.8 Å². The van der Waals surface area contributed by atoms with Crippen LogP contribution in [0.4, 0.5) is 17.1 Å². The largest absolute Gasteiger partial charge is 0.456 e. The molecule has 2 aliphatic heterocycles. The quantitative estimate of drug-likeness (QED) is 0.0698. The molecule has 9 nitrogen and oxygen atoms in total. The third kappa shape index (κ3) is 6.10. The lowest BCUT2D eigenvalue weighted by Crippen LogP contribution is -2.44. The summed E-state index contributed by atoms with van der Waals surface area (Å²) < 4.78 is 39.0. The molecule has 0 unspecified atom stereocenters. The van der Waals surface area contributed by atoms with E-state index in [4.69, 9.17) is 10.3 Å². The van der Waals surface area contributed by atoms with Crippen LogP contribution in [0.2, 0.25) is 0 Å². The topological polar surface area (TPSA) is 112 Å². The second-order valence-electron chi connectivity index (χ2n) is 12.3. The Balaban J connectivity index is 1.42. The molecule has 4 aromatic rings. The number of nitrogens with two attached hydrogens (primary N) is 1. The van der Waals surface area contributed by atoms with Crippen molar-refractivity contribution < 1.29 is 17.6 Å². The van der Waals surface area contributed by atoms with E-state index in [0.29, 0.717) is 29.7 Å². The first-order chi connectivity index (χ1) is 23.8. The summed E-state index contributed by atoms with van der Waals surface area (Å²) >= 11 is 0. The number of hydrogen-bond acceptors (Lipinski definition) is 6. The van der Waals surface area contributed by atoms with Crippen molar-refractivity contribution in [1.29, 1.82) is 0 Å². The van der Waals surface area contributed by atoms with Gasteiger partial charge in [0.1, 0.15) is 18.4 Å². The van der Waals surface area contributed by atoms with Crippen molar-refractivity contribution in [1.82, 2.24) is 14.3 Å². The molecule has 49 heavy (non-hydrogen) atoms. The fourth-order valence-electron chi connectivity index (χ4n) is 6.69. The Morgan fingerprint density at radius 1 is 0.837 bits per heavy atom. The molecule has 248 valence electrons. The maximum atomic E-state index is 14.4. The van der Waals surface area contributed by atoms with E-state index >= 15 is 0 Å². The number of fused-ring (bicyclic) bond motifs is 2. The number of amides is 1. The number of anilines is 2. The number of para-hydroxylation sites is 2. The van der Waals surface area contributed by atoms with Crippen molar-refractivity contribution in [3.8, 4) is 22.5 Å². The van der Waals surface area contributed by atoms with Gasteiger partial charge >= 0.3 is 0 Å². The highest BCUT2D eigenvalue weighted by Crippen LogP contribution is 2.44. The number of rotatable bonds is 7. The molecule has 1 fully saturated rings. The lowest BCUT2D eigenvalue weighted by atomic mass is 9.93. The Labute approximate surface area is 285 Å². The summed E-state index contributed by atoms with van der Waals surface area (Å²) in [5.74, 6) is 5.40. The third-order valence-corrected chi connectivity index (χ3v) is 11.4. The molecule has 1 saturated heterocycles. The van der Waals surface area contributed by atoms with Crippen molar-refractivity contribution >= 4 is 44.0 Å². The normalized spacial score (nSPS) is 14.9. The first kappa shape index (κ1) is 32.3. The molecule has 10 heteroatoms. The molecule has 0 spiro atoms. The van der Waals surface area contributed by atoms with Crippen molar-refractivity contribution in [3.05, 3.63) is 127 Å². The highest BCUT2D eigenvalue weighted by atomic mass is 32.2. The van der Waals surface area contributed by atoms with Crippen LogP contribution in [0.3, 0.4) is 0 Å². The smallest absolute Gasteiger partial charge is 0.243 e. The fraction of sp³-hybridized carbons (Fsp3) is 0.179. The number of sulfonamides is 1. The SMILES string of the molecule is CN(c1ccccc1)c1ccc2c(-c3ccccc3S(=O)(=O)N3CCC(C(=O)NN)CC3)c3ccc(=[N+](C)c4ccccc4)cc-3oc2c1. The van der Waals surface area contributed by atoms with Gasteiger partial charge in [-0.15, -0.1) is 0 Å². The molecule has 3 aliphatic rings. The van der Waals surface area contributed by atoms with E-state index in [1.807, 2.05) is 123 Å². The molecular formula is C39H38N5O4S+. The van der Waals surface area contributed by atoms with Crippen LogP contribution in [-0.4, -0.2) is 45.8 Å². The van der Waals surface area contributed by atoms with Crippen LogP contribution in [0.25, 0.3) is 33.4 Å². The fourth-order valence-corrected chi connectivity index (χ4v) is 8.36. The maximum Gasteiger partial charge on any atom is 0.243 e. The van der Waals surface area contributed by atoms with Crippen LogP contribution in [0.5, 0.6) is 0 Å². The van der Waals surface area contributed by atoms with Crippen LogP contribution in [0, 0.1) is 5.92 Å². The number of hydrazine groups is 1. The maximum absolute atomic E-state index is 14.4. The van der Waals surface area contributed by atoms with E-state index in [1.54, 1.807) is 12.1 Å². The van der Waals surface area contributed by atoms with Crippen LogP contribution in [0.15, 0.2) is 131 Å². The van der Waals surface area contributed by atoms with Crippen molar-refractivity contribution in [3.63, 3.8) is 0 Å². The molecule has 0 radical (unpaired) electrons. The number of piperidine rings is 1. The number of carbonyl (C=O) groups is 1. The summed E-state index contributed by atoms with van der Waals surface area (Å²) in [7, 11) is 0.0891. The van der Waals surface area contributed by atoms with Gasteiger partial charge in [-0.05, 0) is 49.2 Å². The van der Waals surface area contributed by atoms with Gasteiger partial charge in [0.2, 0.25) is 27.0 Å². The van der Waals surface area contributed by atoms with E-state index in [0.717, 1.165) is 38.9 Å². The number of carbonyl (C=O) groups excluding carboxylic acids is 1. The van der Waals surface area contributed by atoms with E-state index in [-0.39, 0.29) is 29.8 Å². The molecule has 7 rings (SSSR count). The van der Waals surface area contributed by atoms with E-state index in [9.17, 15) is 13.2 Å². The van der Waals surface area contributed by atoms with Gasteiger partial charge in [0.15, 0.2) is 0 Å². The zero-order valence-corrected chi connectivity index (χ0v) is 28.2. The van der Waals surface area contributed by atoms with Gasteiger partial charge < -0.3 is 9.32 Å². The Hall–Kier alpha value is -5.29. The summed E-state index contributed by atoms with van der Waals surface area (Å²) in [5, 5.41) is 1.72. The molecule has 0 aromatic heterocycles. The van der Waals surface area contributed by atoms with Crippen molar-refractivity contribution in [2.75, 3.05) is 32.1 Å². The summed E-state index contributed by atoms with van der Waals surface area (Å²) in [6.07, 6.45) is 0.797. The molecule has 0 saturated carbocycles. The summed E-state index contributed by atoms with van der Waals surface area (Å²) in [4.78, 5) is 14.5. The molecule has 4 aromatic carbocycles. The van der Waals surface area contributed by atoms with Gasteiger partial charge in [-0.2, -0.15) is 8.88 Å². The minimum Gasteiger partial charge on any atom is -0.456 e. The molecule has 2 heterocycles. The van der Waals surface area contributed by atoms with Gasteiger partial charge in [0.25, 0.3) is 0 Å². The van der Waals surface area contributed by atoms with Gasteiger partial charge in [0, 0.05) is 83.8 Å². The highest BCUT2D eigenvalue weighted by Gasteiger charge is 2.34. The Bertz CT molecular complexity index is 2300. The van der Waals surface area contributed by atoms with Gasteiger partial charge in [0.05, 0.1) is 11.0 Å². The van der Waals surface area contributed by atoms with Gasteiger partial charge in [-0.25, -0.2) is 14.3 Å². The first-order valence-corrected chi connectivity index (χ1v) is 17.7. The Morgan fingerprint density at radius 3 is 2.22 bits per heavy atom. The third-order valence-electron chi connectivity index (χ3n) is 9.49. The lowest BCUT2D eigenvalue weighted by molar-refractivity contribution is -0.126. The first-order valence-electron chi connectivity index (χ1n) is 16.3. The molecular weight excluding hydrogens is 635 g/mol. The average Bonchev–Trinajstić information content (AvgIpc) is 3.16. The molecule has 1 amide bonds. The number of benzene rings is 5. The van der Waals surface area contributed by atoms with Gasteiger partial charge in [-0.3, -0.25) is 10.2 Å². The average molecular weight is 673 g/mol. The van der Waals surface area contributed by atoms with Crippen molar-refractivity contribution in [2.24, 2.45) is 11.8 Å². The predicted molar refractivity (Wildman–Crippen MR) is 194 cm³/mol. The van der Waals surface area contributed by atoms with Crippen LogP contribution < -0.4 is 26.1 Å². The Morgan fingerprint density at radius 2 is 1.51 bits per heavy atom. The zero-order chi connectivity index (χ0) is 34.1. The molecule has 3 N–H and O–H groups in total. The summed E-state index contributed by atoms with van der Waals surface area (Å²) in [6, 6.07) is 39.4. The molecule has 0 atom stereocenters. The number of nitrogens with one attached hydrogen (secondary N) is 1. The molecule has 1 aliphatic carbocycles. The van der Waals surface area contributed by atoms with E-state index in [2.05, 4.69) is 14.9 Å². The minimum absolute atomic E-state index is 0.210. The van der Waals surface area contributed by atoms with E-state index < -0.39 is 10.0 Å². The monoisotopic (exact) mass is 672 g/mol. The minimum atomic E-state index is -3.93.